The number of aryl methyl sites for hydroxylation is 1. The summed E-state index contributed by atoms with van der Waals surface area (Å²) in [5.41, 5.74) is 0.138. The van der Waals surface area contributed by atoms with Crippen molar-refractivity contribution in [3.05, 3.63) is 56.4 Å². The SMILES string of the molecule is CCCN(CC(=O)Nc1cc(Cl)ccc1Cl)C(=O)c1ccc(=O)n(C)n1. The molecule has 0 aliphatic carbocycles. The van der Waals surface area contributed by atoms with E-state index in [1.807, 2.05) is 6.92 Å². The number of carbonyl (C=O) groups excluding carboxylic acids is 2. The fraction of sp³-hybridized carbons (Fsp3) is 0.294. The van der Waals surface area contributed by atoms with Crippen LogP contribution in [0.15, 0.2) is 35.1 Å². The Kier molecular flexibility index (Phi) is 6.76. The van der Waals surface area contributed by atoms with Crippen LogP contribution in [0.25, 0.3) is 0 Å². The van der Waals surface area contributed by atoms with Gasteiger partial charge in [-0.05, 0) is 30.7 Å². The van der Waals surface area contributed by atoms with E-state index in [0.29, 0.717) is 28.7 Å². The lowest BCUT2D eigenvalue weighted by atomic mass is 10.3. The monoisotopic (exact) mass is 396 g/mol. The molecule has 26 heavy (non-hydrogen) atoms. The van der Waals surface area contributed by atoms with Gasteiger partial charge in [-0.15, -0.1) is 0 Å². The second-order valence-electron chi connectivity index (χ2n) is 5.58. The van der Waals surface area contributed by atoms with Gasteiger partial charge in [-0.1, -0.05) is 30.1 Å². The maximum atomic E-state index is 12.6. The average Bonchev–Trinajstić information content (AvgIpc) is 2.59. The fourth-order valence-electron chi connectivity index (χ4n) is 2.26. The third-order valence-corrected chi connectivity index (χ3v) is 4.06. The van der Waals surface area contributed by atoms with E-state index in [-0.39, 0.29) is 17.8 Å². The number of amides is 2. The maximum absolute atomic E-state index is 12.6. The molecule has 138 valence electrons. The van der Waals surface area contributed by atoms with E-state index >= 15 is 0 Å². The molecule has 0 saturated carbocycles. The van der Waals surface area contributed by atoms with Crippen molar-refractivity contribution in [3.8, 4) is 0 Å². The Hall–Kier alpha value is -2.38. The van der Waals surface area contributed by atoms with Crippen LogP contribution in [0.3, 0.4) is 0 Å². The highest BCUT2D eigenvalue weighted by atomic mass is 35.5. The Balaban J connectivity index is 2.14. The second-order valence-corrected chi connectivity index (χ2v) is 6.42. The molecule has 0 atom stereocenters. The molecule has 1 aromatic carbocycles. The van der Waals surface area contributed by atoms with Gasteiger partial charge in [0.15, 0.2) is 0 Å². The molecule has 2 amide bonds. The summed E-state index contributed by atoms with van der Waals surface area (Å²) in [5.74, 6) is -0.851. The minimum absolute atomic E-state index is 0.0918. The van der Waals surface area contributed by atoms with E-state index in [0.717, 1.165) is 4.68 Å². The first kappa shape index (κ1) is 19.9. The summed E-state index contributed by atoms with van der Waals surface area (Å²) in [4.78, 5) is 37.7. The molecule has 1 heterocycles. The molecule has 1 aromatic heterocycles. The van der Waals surface area contributed by atoms with E-state index in [1.165, 1.54) is 30.1 Å². The van der Waals surface area contributed by atoms with Gasteiger partial charge >= 0.3 is 0 Å². The number of nitrogens with one attached hydrogen (secondary N) is 1. The van der Waals surface area contributed by atoms with Crippen LogP contribution in [0, 0.1) is 0 Å². The van der Waals surface area contributed by atoms with Gasteiger partial charge in [0.2, 0.25) is 5.91 Å². The molecule has 2 rings (SSSR count). The first-order valence-electron chi connectivity index (χ1n) is 7.90. The Morgan fingerprint density at radius 2 is 1.96 bits per heavy atom. The predicted octanol–water partition coefficient (Wildman–Crippen LogP) is 2.58. The first-order valence-corrected chi connectivity index (χ1v) is 8.66. The highest BCUT2D eigenvalue weighted by molar-refractivity contribution is 6.35. The van der Waals surface area contributed by atoms with Crippen molar-refractivity contribution in [2.45, 2.75) is 13.3 Å². The number of carbonyl (C=O) groups is 2. The van der Waals surface area contributed by atoms with E-state index < -0.39 is 11.8 Å². The molecule has 0 radical (unpaired) electrons. The van der Waals surface area contributed by atoms with Crippen molar-refractivity contribution < 1.29 is 9.59 Å². The topological polar surface area (TPSA) is 84.3 Å². The normalized spacial score (nSPS) is 10.5. The molecule has 0 spiro atoms. The van der Waals surface area contributed by atoms with E-state index in [1.54, 1.807) is 12.1 Å². The zero-order valence-corrected chi connectivity index (χ0v) is 15.8. The van der Waals surface area contributed by atoms with Gasteiger partial charge in [0.05, 0.1) is 10.7 Å². The van der Waals surface area contributed by atoms with Gasteiger partial charge in [0, 0.05) is 24.7 Å². The van der Waals surface area contributed by atoms with Crippen LogP contribution in [-0.2, 0) is 11.8 Å². The molecule has 0 bridgehead atoms. The van der Waals surface area contributed by atoms with Crippen molar-refractivity contribution in [1.82, 2.24) is 14.7 Å². The Bertz CT molecular complexity index is 883. The Labute approximate surface area is 160 Å². The molecule has 0 unspecified atom stereocenters. The van der Waals surface area contributed by atoms with Gasteiger partial charge in [0.25, 0.3) is 11.5 Å². The van der Waals surface area contributed by atoms with Gasteiger partial charge < -0.3 is 10.2 Å². The van der Waals surface area contributed by atoms with Gasteiger partial charge in [-0.25, -0.2) is 4.68 Å². The van der Waals surface area contributed by atoms with Crippen LogP contribution in [0.4, 0.5) is 5.69 Å². The highest BCUT2D eigenvalue weighted by Crippen LogP contribution is 2.25. The van der Waals surface area contributed by atoms with Crippen molar-refractivity contribution in [3.63, 3.8) is 0 Å². The minimum atomic E-state index is -0.435. The molecule has 2 aromatic rings. The van der Waals surface area contributed by atoms with Gasteiger partial charge in [0.1, 0.15) is 12.2 Å². The third kappa shape index (κ3) is 5.06. The minimum Gasteiger partial charge on any atom is -0.328 e. The molecule has 0 aliphatic heterocycles. The number of halogens is 2. The summed E-state index contributed by atoms with van der Waals surface area (Å²) in [6.45, 7) is 2.07. The van der Waals surface area contributed by atoms with Crippen molar-refractivity contribution in [1.29, 1.82) is 0 Å². The molecule has 0 fully saturated rings. The van der Waals surface area contributed by atoms with Crippen molar-refractivity contribution >= 4 is 40.7 Å². The summed E-state index contributed by atoms with van der Waals surface area (Å²) in [6, 6.07) is 7.32. The molecular formula is C17H18Cl2N4O3. The Morgan fingerprint density at radius 3 is 2.62 bits per heavy atom. The third-order valence-electron chi connectivity index (χ3n) is 3.50. The lowest BCUT2D eigenvalue weighted by Gasteiger charge is -2.21. The number of rotatable bonds is 6. The first-order chi connectivity index (χ1) is 12.3. The predicted molar refractivity (Wildman–Crippen MR) is 101 cm³/mol. The quantitative estimate of drug-likeness (QED) is 0.812. The largest absolute Gasteiger partial charge is 0.328 e. The molecule has 1 N–H and O–H groups in total. The van der Waals surface area contributed by atoms with Crippen LogP contribution in [0.5, 0.6) is 0 Å². The number of aromatic nitrogens is 2. The standard InChI is InChI=1S/C17H18Cl2N4O3/c1-3-8-23(17(26)13-6-7-16(25)22(2)21-13)10-15(24)20-14-9-11(18)4-5-12(14)19/h4-7,9H,3,8,10H2,1-2H3,(H,20,24). The molecule has 0 saturated heterocycles. The van der Waals surface area contributed by atoms with Crippen LogP contribution in [0.1, 0.15) is 23.8 Å². The van der Waals surface area contributed by atoms with Crippen LogP contribution < -0.4 is 10.9 Å². The van der Waals surface area contributed by atoms with Crippen LogP contribution in [0.2, 0.25) is 10.0 Å². The van der Waals surface area contributed by atoms with E-state index in [4.69, 9.17) is 23.2 Å². The van der Waals surface area contributed by atoms with Gasteiger partial charge in [-0.2, -0.15) is 5.10 Å². The smallest absolute Gasteiger partial charge is 0.274 e. The fourth-order valence-corrected chi connectivity index (χ4v) is 2.59. The summed E-state index contributed by atoms with van der Waals surface area (Å²) in [6.07, 6.45) is 0.655. The van der Waals surface area contributed by atoms with Crippen LogP contribution in [-0.4, -0.2) is 39.6 Å². The van der Waals surface area contributed by atoms with Gasteiger partial charge in [-0.3, -0.25) is 14.4 Å². The van der Waals surface area contributed by atoms with Crippen molar-refractivity contribution in [2.75, 3.05) is 18.4 Å². The Morgan fingerprint density at radius 1 is 1.23 bits per heavy atom. The molecule has 0 aliphatic rings. The van der Waals surface area contributed by atoms with Crippen LogP contribution >= 0.6 is 23.2 Å². The highest BCUT2D eigenvalue weighted by Gasteiger charge is 2.20. The number of benzene rings is 1. The lowest BCUT2D eigenvalue weighted by Crippen LogP contribution is -2.39. The molecule has 7 nitrogen and oxygen atoms in total. The van der Waals surface area contributed by atoms with E-state index in [9.17, 15) is 14.4 Å². The lowest BCUT2D eigenvalue weighted by molar-refractivity contribution is -0.116. The second kappa shape index (κ2) is 8.82. The molecule has 9 heteroatoms. The van der Waals surface area contributed by atoms with E-state index in [2.05, 4.69) is 10.4 Å². The molecular weight excluding hydrogens is 379 g/mol. The summed E-state index contributed by atoms with van der Waals surface area (Å²) < 4.78 is 1.07. The zero-order valence-electron chi connectivity index (χ0n) is 14.3. The average molecular weight is 397 g/mol. The van der Waals surface area contributed by atoms with Crippen molar-refractivity contribution in [2.24, 2.45) is 7.05 Å². The summed E-state index contributed by atoms with van der Waals surface area (Å²) in [7, 11) is 1.46. The summed E-state index contributed by atoms with van der Waals surface area (Å²) in [5, 5.41) is 7.35. The summed E-state index contributed by atoms with van der Waals surface area (Å²) >= 11 is 11.9. The number of hydrogen-bond acceptors (Lipinski definition) is 4. The maximum Gasteiger partial charge on any atom is 0.274 e. The number of nitrogens with zero attached hydrogens (tertiary/aromatic N) is 3. The number of anilines is 1. The zero-order chi connectivity index (χ0) is 19.3. The number of hydrogen-bond donors (Lipinski definition) is 1.